The van der Waals surface area contributed by atoms with Gasteiger partial charge in [-0.2, -0.15) is 0 Å². The minimum Gasteiger partial charge on any atom is -0.444 e. The molecule has 34 heavy (non-hydrogen) atoms. The molecule has 4 aliphatic heterocycles. The molecular weight excluding hydrogens is 434 g/mol. The van der Waals surface area contributed by atoms with Gasteiger partial charge >= 0.3 is 6.09 Å². The van der Waals surface area contributed by atoms with Crippen LogP contribution in [-0.2, 0) is 19.1 Å². The summed E-state index contributed by atoms with van der Waals surface area (Å²) < 4.78 is 11.2. The van der Waals surface area contributed by atoms with Crippen molar-refractivity contribution >= 4 is 17.9 Å². The SMILES string of the molecule is CC(C)(C)OC(=O)N[C@H]1C[C@@H]2O[C@@H]2C[C@H]2CC[C@@H](C(=O)N3CCC(c4ccccc4)C3)N2C1=O. The van der Waals surface area contributed by atoms with Gasteiger partial charge < -0.3 is 24.6 Å². The van der Waals surface area contributed by atoms with Crippen LogP contribution < -0.4 is 5.32 Å². The standard InChI is InChI=1S/C26H35N3O5/c1-26(2,3)34-25(32)27-19-14-22-21(33-22)13-18-9-10-20(29(18)23(19)30)24(31)28-12-11-17(15-28)16-7-5-4-6-8-16/h4-8,17-22H,9-15H2,1-3H3,(H,27,32)/t17?,18-,19+,20+,21-,22+/m1/s1. The predicted molar refractivity (Wildman–Crippen MR) is 125 cm³/mol. The third-order valence-corrected chi connectivity index (χ3v) is 7.46. The Hall–Kier alpha value is -2.61. The number of fused-ring (bicyclic) bond motifs is 2. The van der Waals surface area contributed by atoms with Gasteiger partial charge in [-0.15, -0.1) is 0 Å². The van der Waals surface area contributed by atoms with Crippen molar-refractivity contribution in [3.8, 4) is 0 Å². The van der Waals surface area contributed by atoms with Crippen LogP contribution in [-0.4, -0.2) is 76.7 Å². The fourth-order valence-corrected chi connectivity index (χ4v) is 5.80. The molecule has 4 fully saturated rings. The van der Waals surface area contributed by atoms with Gasteiger partial charge in [-0.1, -0.05) is 30.3 Å². The first-order chi connectivity index (χ1) is 16.2. The van der Waals surface area contributed by atoms with Crippen molar-refractivity contribution in [1.82, 2.24) is 15.1 Å². The molecule has 0 aliphatic carbocycles. The van der Waals surface area contributed by atoms with Gasteiger partial charge in [0.25, 0.3) is 0 Å². The van der Waals surface area contributed by atoms with E-state index in [-0.39, 0.29) is 30.1 Å². The molecule has 0 aromatic heterocycles. The molecule has 184 valence electrons. The molecule has 1 unspecified atom stereocenters. The number of carbonyl (C=O) groups excluding carboxylic acids is 3. The summed E-state index contributed by atoms with van der Waals surface area (Å²) >= 11 is 0. The van der Waals surface area contributed by atoms with E-state index < -0.39 is 23.8 Å². The van der Waals surface area contributed by atoms with Gasteiger partial charge in [-0.25, -0.2) is 4.79 Å². The van der Waals surface area contributed by atoms with Crippen molar-refractivity contribution in [3.63, 3.8) is 0 Å². The first kappa shape index (κ1) is 23.1. The second-order valence-electron chi connectivity index (χ2n) is 11.1. The van der Waals surface area contributed by atoms with Crippen LogP contribution >= 0.6 is 0 Å². The Kier molecular flexibility index (Phi) is 6.04. The number of carbonyl (C=O) groups is 3. The molecule has 5 rings (SSSR count). The van der Waals surface area contributed by atoms with Gasteiger partial charge in [0.1, 0.15) is 17.7 Å². The van der Waals surface area contributed by atoms with Crippen molar-refractivity contribution < 1.29 is 23.9 Å². The summed E-state index contributed by atoms with van der Waals surface area (Å²) in [5, 5.41) is 2.76. The summed E-state index contributed by atoms with van der Waals surface area (Å²) in [7, 11) is 0. The smallest absolute Gasteiger partial charge is 0.408 e. The second kappa shape index (κ2) is 8.87. The van der Waals surface area contributed by atoms with Gasteiger partial charge in [0.15, 0.2) is 0 Å². The highest BCUT2D eigenvalue weighted by molar-refractivity contribution is 5.92. The van der Waals surface area contributed by atoms with Gasteiger partial charge in [0, 0.05) is 31.5 Å². The van der Waals surface area contributed by atoms with Crippen LogP contribution in [0.2, 0.25) is 0 Å². The van der Waals surface area contributed by atoms with E-state index in [0.717, 1.165) is 19.3 Å². The van der Waals surface area contributed by atoms with Gasteiger partial charge in [0.2, 0.25) is 11.8 Å². The number of amides is 3. The van der Waals surface area contributed by atoms with E-state index in [0.29, 0.717) is 31.8 Å². The molecule has 6 atom stereocenters. The van der Waals surface area contributed by atoms with E-state index in [4.69, 9.17) is 9.47 Å². The van der Waals surface area contributed by atoms with E-state index in [1.807, 2.05) is 23.1 Å². The number of nitrogens with one attached hydrogen (secondary N) is 1. The fourth-order valence-electron chi connectivity index (χ4n) is 5.80. The lowest BCUT2D eigenvalue weighted by Crippen LogP contribution is -2.57. The van der Waals surface area contributed by atoms with E-state index in [1.165, 1.54) is 5.56 Å². The number of nitrogens with zero attached hydrogens (tertiary/aromatic N) is 2. The number of hydrogen-bond donors (Lipinski definition) is 1. The normalized spacial score (nSPS) is 33.0. The third-order valence-electron chi connectivity index (χ3n) is 7.46. The van der Waals surface area contributed by atoms with Crippen LogP contribution in [0.25, 0.3) is 0 Å². The predicted octanol–water partition coefficient (Wildman–Crippen LogP) is 2.82. The number of epoxide rings is 1. The Balaban J connectivity index is 1.30. The molecule has 1 aromatic rings. The molecule has 4 aliphatic rings. The van der Waals surface area contributed by atoms with Gasteiger partial charge in [0.05, 0.1) is 12.2 Å². The van der Waals surface area contributed by atoms with Crippen molar-refractivity contribution in [2.75, 3.05) is 13.1 Å². The zero-order valence-electron chi connectivity index (χ0n) is 20.2. The molecule has 4 heterocycles. The lowest BCUT2D eigenvalue weighted by molar-refractivity contribution is -0.146. The van der Waals surface area contributed by atoms with E-state index in [9.17, 15) is 14.4 Å². The lowest BCUT2D eigenvalue weighted by Gasteiger charge is -2.35. The van der Waals surface area contributed by atoms with Crippen LogP contribution in [0.15, 0.2) is 30.3 Å². The Labute approximate surface area is 200 Å². The Morgan fingerprint density at radius 3 is 2.53 bits per heavy atom. The van der Waals surface area contributed by atoms with E-state index >= 15 is 0 Å². The molecule has 4 saturated heterocycles. The van der Waals surface area contributed by atoms with Gasteiger partial charge in [-0.3, -0.25) is 9.59 Å². The highest BCUT2D eigenvalue weighted by Crippen LogP contribution is 2.40. The van der Waals surface area contributed by atoms with E-state index in [1.54, 1.807) is 25.7 Å². The summed E-state index contributed by atoms with van der Waals surface area (Å²) in [6, 6.07) is 9.03. The summed E-state index contributed by atoms with van der Waals surface area (Å²) in [6.45, 7) is 6.75. The number of benzene rings is 1. The van der Waals surface area contributed by atoms with Crippen LogP contribution in [0.5, 0.6) is 0 Å². The van der Waals surface area contributed by atoms with Crippen LogP contribution in [0.3, 0.4) is 0 Å². The third kappa shape index (κ3) is 4.78. The minimum absolute atomic E-state index is 0.0222. The topological polar surface area (TPSA) is 91.5 Å². The van der Waals surface area contributed by atoms with E-state index in [2.05, 4.69) is 17.4 Å². The fraction of sp³-hybridized carbons (Fsp3) is 0.654. The molecule has 0 saturated carbocycles. The summed E-state index contributed by atoms with van der Waals surface area (Å²) in [4.78, 5) is 43.5. The Bertz CT molecular complexity index is 946. The average Bonchev–Trinajstić information content (AvgIpc) is 3.15. The van der Waals surface area contributed by atoms with Crippen molar-refractivity contribution in [3.05, 3.63) is 35.9 Å². The molecule has 0 bridgehead atoms. The molecule has 3 amide bonds. The first-order valence-corrected chi connectivity index (χ1v) is 12.5. The maximum absolute atomic E-state index is 13.7. The minimum atomic E-state index is -0.753. The number of rotatable bonds is 3. The quantitative estimate of drug-likeness (QED) is 0.688. The zero-order valence-corrected chi connectivity index (χ0v) is 20.2. The van der Waals surface area contributed by atoms with Crippen molar-refractivity contribution in [2.45, 2.75) is 94.7 Å². The highest BCUT2D eigenvalue weighted by atomic mass is 16.6. The summed E-state index contributed by atoms with van der Waals surface area (Å²) in [5.41, 5.74) is 0.593. The molecule has 1 N–H and O–H groups in total. The molecule has 8 heteroatoms. The molecule has 0 spiro atoms. The van der Waals surface area contributed by atoms with Crippen molar-refractivity contribution in [2.24, 2.45) is 0 Å². The molecule has 1 aromatic carbocycles. The van der Waals surface area contributed by atoms with Crippen molar-refractivity contribution in [1.29, 1.82) is 0 Å². The largest absolute Gasteiger partial charge is 0.444 e. The molecular formula is C26H35N3O5. The number of hydrogen-bond acceptors (Lipinski definition) is 5. The maximum Gasteiger partial charge on any atom is 0.408 e. The summed E-state index contributed by atoms with van der Waals surface area (Å²) in [5.74, 6) is 0.159. The summed E-state index contributed by atoms with van der Waals surface area (Å²) in [6.07, 6.45) is 2.98. The first-order valence-electron chi connectivity index (χ1n) is 12.5. The highest BCUT2D eigenvalue weighted by Gasteiger charge is 2.53. The van der Waals surface area contributed by atoms with Crippen LogP contribution in [0.4, 0.5) is 4.79 Å². The van der Waals surface area contributed by atoms with Gasteiger partial charge in [-0.05, 0) is 52.0 Å². The Morgan fingerprint density at radius 2 is 1.79 bits per heavy atom. The van der Waals surface area contributed by atoms with Crippen LogP contribution in [0, 0.1) is 0 Å². The molecule has 8 nitrogen and oxygen atoms in total. The average molecular weight is 470 g/mol. The molecule has 0 radical (unpaired) electrons. The lowest BCUT2D eigenvalue weighted by atomic mass is 9.99. The monoisotopic (exact) mass is 469 g/mol. The number of likely N-dealkylation sites (tertiary alicyclic amines) is 1. The number of alkyl carbamates (subject to hydrolysis) is 1. The second-order valence-corrected chi connectivity index (χ2v) is 11.1. The van der Waals surface area contributed by atoms with Crippen LogP contribution in [0.1, 0.15) is 64.4 Å². The Morgan fingerprint density at radius 1 is 1.06 bits per heavy atom. The maximum atomic E-state index is 13.7. The number of ether oxygens (including phenoxy) is 2. The zero-order chi connectivity index (χ0) is 24.0.